The van der Waals surface area contributed by atoms with Crippen LogP contribution in [0.1, 0.15) is 30.1 Å². The van der Waals surface area contributed by atoms with Crippen LogP contribution in [0.15, 0.2) is 36.9 Å². The Kier molecular flexibility index (Phi) is 8.02. The fraction of sp³-hybridized carbons (Fsp3) is 0.500. The van der Waals surface area contributed by atoms with Crippen LogP contribution >= 0.6 is 0 Å². The van der Waals surface area contributed by atoms with Crippen LogP contribution in [0, 0.1) is 0 Å². The summed E-state index contributed by atoms with van der Waals surface area (Å²) in [6.07, 6.45) is 0.574. The van der Waals surface area contributed by atoms with Gasteiger partial charge in [0.25, 0.3) is 0 Å². The van der Waals surface area contributed by atoms with Gasteiger partial charge in [-0.3, -0.25) is 4.79 Å². The molecule has 0 radical (unpaired) electrons. The van der Waals surface area contributed by atoms with Gasteiger partial charge >= 0.3 is 17.9 Å². The molecule has 0 bridgehead atoms. The van der Waals surface area contributed by atoms with Crippen molar-refractivity contribution in [2.45, 2.75) is 44.2 Å². The molecule has 0 N–H and O–H groups in total. The van der Waals surface area contributed by atoms with Crippen molar-refractivity contribution >= 4 is 17.9 Å². The van der Waals surface area contributed by atoms with Crippen molar-refractivity contribution in [3.05, 3.63) is 42.5 Å². The maximum atomic E-state index is 12.5. The van der Waals surface area contributed by atoms with Gasteiger partial charge in [0.1, 0.15) is 18.0 Å². The van der Waals surface area contributed by atoms with E-state index in [0.29, 0.717) is 37.4 Å². The molecule has 2 fully saturated rings. The molecule has 168 valence electrons. The molecule has 3 rings (SSSR count). The van der Waals surface area contributed by atoms with Gasteiger partial charge in [-0.1, -0.05) is 6.58 Å². The Morgan fingerprint density at radius 1 is 1.00 bits per heavy atom. The Balaban J connectivity index is 1.40. The van der Waals surface area contributed by atoms with E-state index in [-0.39, 0.29) is 13.2 Å². The van der Waals surface area contributed by atoms with Gasteiger partial charge in [-0.25, -0.2) is 9.59 Å². The fourth-order valence-electron chi connectivity index (χ4n) is 3.36. The van der Waals surface area contributed by atoms with Crippen LogP contribution in [0.4, 0.5) is 0 Å². The minimum absolute atomic E-state index is 0.183. The van der Waals surface area contributed by atoms with E-state index in [1.54, 1.807) is 24.3 Å². The lowest BCUT2D eigenvalue weighted by atomic mass is 10.1. The predicted octanol–water partition coefficient (Wildman–Crippen LogP) is 1.83. The van der Waals surface area contributed by atoms with Crippen molar-refractivity contribution in [3.63, 3.8) is 0 Å². The molecule has 4 atom stereocenters. The third kappa shape index (κ3) is 6.28. The second-order valence-corrected chi connectivity index (χ2v) is 7.14. The first-order valence-electron chi connectivity index (χ1n) is 10.1. The monoisotopic (exact) mass is 434 g/mol. The first kappa shape index (κ1) is 22.8. The summed E-state index contributed by atoms with van der Waals surface area (Å²) in [6, 6.07) is 6.61. The third-order valence-corrected chi connectivity index (χ3v) is 4.85. The van der Waals surface area contributed by atoms with Crippen molar-refractivity contribution in [3.8, 4) is 5.75 Å². The topological polar surface area (TPSA) is 107 Å². The molecule has 0 amide bonds. The number of ether oxygens (including phenoxy) is 6. The Hall–Kier alpha value is -2.91. The second-order valence-electron chi connectivity index (χ2n) is 7.14. The van der Waals surface area contributed by atoms with E-state index >= 15 is 0 Å². The standard InChI is InChI=1S/C22H26O9/c1-3-19(24)27-11-5-4-10-26-16-8-6-15(7-9-16)22(25)31-18-13-29-20-17(30-14(2)23)12-28-21(18)20/h3,6-9,17-18,20-21H,1,4-5,10-13H2,2H3/t17-,18?,20?,21?/m1/s1. The molecule has 9 nitrogen and oxygen atoms in total. The van der Waals surface area contributed by atoms with Crippen LogP contribution in [0.5, 0.6) is 5.75 Å². The molecule has 0 aromatic heterocycles. The molecule has 0 saturated carbocycles. The average molecular weight is 434 g/mol. The highest BCUT2D eigenvalue weighted by atomic mass is 16.7. The number of unbranched alkanes of at least 4 members (excludes halogenated alkanes) is 1. The summed E-state index contributed by atoms with van der Waals surface area (Å²) in [5, 5.41) is 0. The first-order valence-corrected chi connectivity index (χ1v) is 10.1. The van der Waals surface area contributed by atoms with Gasteiger partial charge in [0.05, 0.1) is 32.0 Å². The first-order chi connectivity index (χ1) is 15.0. The average Bonchev–Trinajstić information content (AvgIpc) is 3.33. The summed E-state index contributed by atoms with van der Waals surface area (Å²) in [5.74, 6) is -0.722. The second kappa shape index (κ2) is 10.9. The van der Waals surface area contributed by atoms with Crippen LogP contribution in [0.2, 0.25) is 0 Å². The molecule has 2 heterocycles. The van der Waals surface area contributed by atoms with Crippen LogP contribution in [0.3, 0.4) is 0 Å². The number of fused-ring (bicyclic) bond motifs is 1. The van der Waals surface area contributed by atoms with E-state index in [2.05, 4.69) is 6.58 Å². The van der Waals surface area contributed by atoms with E-state index in [1.165, 1.54) is 6.92 Å². The summed E-state index contributed by atoms with van der Waals surface area (Å²) in [5.41, 5.74) is 0.377. The Morgan fingerprint density at radius 2 is 1.61 bits per heavy atom. The lowest BCUT2D eigenvalue weighted by Crippen LogP contribution is -2.35. The molecular formula is C22H26O9. The summed E-state index contributed by atoms with van der Waals surface area (Å²) >= 11 is 0. The van der Waals surface area contributed by atoms with E-state index in [9.17, 15) is 14.4 Å². The van der Waals surface area contributed by atoms with Crippen molar-refractivity contribution in [1.82, 2.24) is 0 Å². The largest absolute Gasteiger partial charge is 0.494 e. The van der Waals surface area contributed by atoms with E-state index in [1.807, 2.05) is 0 Å². The minimum atomic E-state index is -0.566. The van der Waals surface area contributed by atoms with Crippen LogP contribution in [0.25, 0.3) is 0 Å². The molecule has 0 aliphatic carbocycles. The Morgan fingerprint density at radius 3 is 2.23 bits per heavy atom. The van der Waals surface area contributed by atoms with Gasteiger partial charge in [0.15, 0.2) is 12.2 Å². The zero-order valence-electron chi connectivity index (χ0n) is 17.3. The van der Waals surface area contributed by atoms with Gasteiger partial charge in [-0.2, -0.15) is 0 Å². The fourth-order valence-corrected chi connectivity index (χ4v) is 3.36. The van der Waals surface area contributed by atoms with Gasteiger partial charge in [0, 0.05) is 13.0 Å². The van der Waals surface area contributed by atoms with Gasteiger partial charge < -0.3 is 28.4 Å². The van der Waals surface area contributed by atoms with Crippen LogP contribution < -0.4 is 4.74 Å². The van der Waals surface area contributed by atoms with Crippen molar-refractivity contribution in [1.29, 1.82) is 0 Å². The molecular weight excluding hydrogens is 408 g/mol. The lowest BCUT2D eigenvalue weighted by Gasteiger charge is -2.17. The van der Waals surface area contributed by atoms with Gasteiger partial charge in [0.2, 0.25) is 0 Å². The molecule has 2 saturated heterocycles. The quantitative estimate of drug-likeness (QED) is 0.236. The van der Waals surface area contributed by atoms with Crippen LogP contribution in [-0.4, -0.2) is 68.8 Å². The maximum Gasteiger partial charge on any atom is 0.338 e. The zero-order chi connectivity index (χ0) is 22.2. The molecule has 31 heavy (non-hydrogen) atoms. The van der Waals surface area contributed by atoms with E-state index in [4.69, 9.17) is 28.4 Å². The van der Waals surface area contributed by atoms with Crippen LogP contribution in [-0.2, 0) is 33.3 Å². The summed E-state index contributed by atoms with van der Waals surface area (Å²) in [4.78, 5) is 34.5. The molecule has 1 aromatic carbocycles. The minimum Gasteiger partial charge on any atom is -0.494 e. The normalized spacial score (nSPS) is 24.2. The summed E-state index contributed by atoms with van der Waals surface area (Å²) in [6.45, 7) is 5.83. The Bertz CT molecular complexity index is 789. The van der Waals surface area contributed by atoms with E-state index in [0.717, 1.165) is 6.08 Å². The summed E-state index contributed by atoms with van der Waals surface area (Å²) < 4.78 is 32.5. The Labute approximate surface area is 180 Å². The number of benzene rings is 1. The molecule has 9 heteroatoms. The van der Waals surface area contributed by atoms with Crippen molar-refractivity contribution in [2.75, 3.05) is 26.4 Å². The third-order valence-electron chi connectivity index (χ3n) is 4.85. The molecule has 2 aliphatic rings. The predicted molar refractivity (Wildman–Crippen MR) is 107 cm³/mol. The highest BCUT2D eigenvalue weighted by molar-refractivity contribution is 5.89. The lowest BCUT2D eigenvalue weighted by molar-refractivity contribution is -0.151. The number of carbonyl (C=O) groups excluding carboxylic acids is 3. The number of hydrogen-bond donors (Lipinski definition) is 0. The molecule has 2 aliphatic heterocycles. The summed E-state index contributed by atoms with van der Waals surface area (Å²) in [7, 11) is 0. The highest BCUT2D eigenvalue weighted by Gasteiger charge is 2.51. The molecule has 0 spiro atoms. The van der Waals surface area contributed by atoms with Gasteiger partial charge in [-0.15, -0.1) is 0 Å². The van der Waals surface area contributed by atoms with Crippen molar-refractivity contribution < 1.29 is 42.8 Å². The highest BCUT2D eigenvalue weighted by Crippen LogP contribution is 2.31. The van der Waals surface area contributed by atoms with Gasteiger partial charge in [-0.05, 0) is 37.1 Å². The molecule has 3 unspecified atom stereocenters. The zero-order valence-corrected chi connectivity index (χ0v) is 17.3. The number of rotatable bonds is 10. The number of carbonyl (C=O) groups is 3. The smallest absolute Gasteiger partial charge is 0.338 e. The molecule has 1 aromatic rings. The SMILES string of the molecule is C=CC(=O)OCCCCOc1ccc(C(=O)OC2COC3C2OC[C@H]3OC(C)=O)cc1. The van der Waals surface area contributed by atoms with E-state index < -0.39 is 42.3 Å². The number of hydrogen-bond acceptors (Lipinski definition) is 9. The number of esters is 3. The van der Waals surface area contributed by atoms with Crippen molar-refractivity contribution in [2.24, 2.45) is 0 Å². The maximum absolute atomic E-state index is 12.5.